The lowest BCUT2D eigenvalue weighted by atomic mass is 9.87. The monoisotopic (exact) mass is 394 g/mol. The standard InChI is InChI=1S/C21H26N6O2/c1-3-16-5-7-17(8-6-16)18-25-19(29-26-18)15(2)24-20(28)21(9-12-22-13-10-21)27-14-4-11-23-27/h4-8,11,14-15,22H,3,9-10,12-13H2,1-2H3,(H,24,28). The van der Waals surface area contributed by atoms with Crippen LogP contribution in [0.25, 0.3) is 11.4 Å². The molecule has 3 heterocycles. The third-order valence-electron chi connectivity index (χ3n) is 5.58. The summed E-state index contributed by atoms with van der Waals surface area (Å²) in [6.45, 7) is 5.50. The van der Waals surface area contributed by atoms with E-state index in [1.54, 1.807) is 10.9 Å². The van der Waals surface area contributed by atoms with Gasteiger partial charge in [-0.2, -0.15) is 10.1 Å². The number of hydrogen-bond donors (Lipinski definition) is 2. The van der Waals surface area contributed by atoms with E-state index in [0.717, 1.165) is 25.1 Å². The van der Waals surface area contributed by atoms with Crippen LogP contribution in [0.1, 0.15) is 44.2 Å². The Morgan fingerprint density at radius 2 is 2.07 bits per heavy atom. The van der Waals surface area contributed by atoms with Crippen LogP contribution in [0.5, 0.6) is 0 Å². The molecule has 4 rings (SSSR count). The van der Waals surface area contributed by atoms with E-state index in [1.165, 1.54) is 5.56 Å². The van der Waals surface area contributed by atoms with Crippen LogP contribution in [0.4, 0.5) is 0 Å². The molecule has 29 heavy (non-hydrogen) atoms. The van der Waals surface area contributed by atoms with E-state index >= 15 is 0 Å². The van der Waals surface area contributed by atoms with Crippen molar-refractivity contribution < 1.29 is 9.32 Å². The van der Waals surface area contributed by atoms with Gasteiger partial charge in [0.05, 0.1) is 0 Å². The number of rotatable bonds is 6. The van der Waals surface area contributed by atoms with Gasteiger partial charge in [0.15, 0.2) is 0 Å². The number of carbonyl (C=O) groups excluding carboxylic acids is 1. The summed E-state index contributed by atoms with van der Waals surface area (Å²) < 4.78 is 7.21. The number of nitrogens with zero attached hydrogens (tertiary/aromatic N) is 4. The largest absolute Gasteiger partial charge is 0.342 e. The Bertz CT molecular complexity index is 942. The molecule has 0 aliphatic carbocycles. The maximum Gasteiger partial charge on any atom is 0.249 e. The molecular formula is C21H26N6O2. The first-order chi connectivity index (χ1) is 14.1. The average molecular weight is 394 g/mol. The van der Waals surface area contributed by atoms with Gasteiger partial charge in [0, 0.05) is 18.0 Å². The summed E-state index contributed by atoms with van der Waals surface area (Å²) in [5.74, 6) is 0.826. The van der Waals surface area contributed by atoms with Crippen LogP contribution >= 0.6 is 0 Å². The molecule has 1 amide bonds. The normalized spacial score (nSPS) is 17.0. The SMILES string of the molecule is CCc1ccc(-c2noc(C(C)NC(=O)C3(n4cccn4)CCNCC3)n2)cc1. The van der Waals surface area contributed by atoms with Crippen molar-refractivity contribution in [2.45, 2.75) is 44.7 Å². The molecule has 8 heteroatoms. The number of hydrogen-bond acceptors (Lipinski definition) is 6. The summed E-state index contributed by atoms with van der Waals surface area (Å²) in [7, 11) is 0. The van der Waals surface area contributed by atoms with Crippen molar-refractivity contribution in [2.24, 2.45) is 0 Å². The van der Waals surface area contributed by atoms with Crippen LogP contribution in [0, 0.1) is 0 Å². The Balaban J connectivity index is 1.50. The minimum Gasteiger partial charge on any atom is -0.342 e. The highest BCUT2D eigenvalue weighted by Gasteiger charge is 2.42. The molecule has 152 valence electrons. The molecule has 2 N–H and O–H groups in total. The fourth-order valence-electron chi connectivity index (χ4n) is 3.73. The number of benzene rings is 1. The fraction of sp³-hybridized carbons (Fsp3) is 0.429. The van der Waals surface area contributed by atoms with Gasteiger partial charge in [0.25, 0.3) is 0 Å². The highest BCUT2D eigenvalue weighted by atomic mass is 16.5. The number of nitrogens with one attached hydrogen (secondary N) is 2. The summed E-state index contributed by atoms with van der Waals surface area (Å²) in [6.07, 6.45) is 5.88. The molecule has 8 nitrogen and oxygen atoms in total. The second kappa shape index (κ2) is 8.16. The second-order valence-electron chi connectivity index (χ2n) is 7.43. The molecule has 0 saturated carbocycles. The third kappa shape index (κ3) is 3.80. The van der Waals surface area contributed by atoms with E-state index in [-0.39, 0.29) is 5.91 Å². The van der Waals surface area contributed by atoms with Gasteiger partial charge in [-0.1, -0.05) is 36.3 Å². The molecule has 1 aliphatic heterocycles. The molecule has 1 fully saturated rings. The Morgan fingerprint density at radius 1 is 1.31 bits per heavy atom. The van der Waals surface area contributed by atoms with Crippen LogP contribution in [0.15, 0.2) is 47.2 Å². The van der Waals surface area contributed by atoms with Gasteiger partial charge in [-0.05, 0) is 50.9 Å². The van der Waals surface area contributed by atoms with Crippen molar-refractivity contribution in [3.63, 3.8) is 0 Å². The predicted molar refractivity (Wildman–Crippen MR) is 108 cm³/mol. The van der Waals surface area contributed by atoms with Gasteiger partial charge in [-0.25, -0.2) is 0 Å². The van der Waals surface area contributed by atoms with Crippen molar-refractivity contribution in [3.8, 4) is 11.4 Å². The maximum atomic E-state index is 13.3. The molecule has 3 aromatic rings. The smallest absolute Gasteiger partial charge is 0.249 e. The van der Waals surface area contributed by atoms with Gasteiger partial charge in [0.2, 0.25) is 17.6 Å². The van der Waals surface area contributed by atoms with Crippen LogP contribution in [0.2, 0.25) is 0 Å². The first-order valence-electron chi connectivity index (χ1n) is 10.1. The Hall–Kier alpha value is -3.00. The molecule has 1 aliphatic rings. The van der Waals surface area contributed by atoms with E-state index in [4.69, 9.17) is 4.52 Å². The minimum absolute atomic E-state index is 0.0813. The van der Waals surface area contributed by atoms with Crippen molar-refractivity contribution in [1.29, 1.82) is 0 Å². The van der Waals surface area contributed by atoms with Crippen molar-refractivity contribution >= 4 is 5.91 Å². The molecule has 0 spiro atoms. The molecule has 0 radical (unpaired) electrons. The van der Waals surface area contributed by atoms with Gasteiger partial charge in [-0.3, -0.25) is 9.48 Å². The zero-order valence-corrected chi connectivity index (χ0v) is 16.8. The number of amides is 1. The first-order valence-corrected chi connectivity index (χ1v) is 10.1. The van der Waals surface area contributed by atoms with E-state index in [0.29, 0.717) is 24.6 Å². The van der Waals surface area contributed by atoms with Crippen molar-refractivity contribution in [3.05, 3.63) is 54.2 Å². The highest BCUT2D eigenvalue weighted by Crippen LogP contribution is 2.28. The summed E-state index contributed by atoms with van der Waals surface area (Å²) in [5.41, 5.74) is 1.44. The molecular weight excluding hydrogens is 368 g/mol. The van der Waals surface area contributed by atoms with Gasteiger partial charge in [-0.15, -0.1) is 0 Å². The van der Waals surface area contributed by atoms with Crippen molar-refractivity contribution in [2.75, 3.05) is 13.1 Å². The van der Waals surface area contributed by atoms with Gasteiger partial charge >= 0.3 is 0 Å². The van der Waals surface area contributed by atoms with Crippen LogP contribution in [0.3, 0.4) is 0 Å². The summed E-state index contributed by atoms with van der Waals surface area (Å²) >= 11 is 0. The lowest BCUT2D eigenvalue weighted by Gasteiger charge is -2.36. The fourth-order valence-corrected chi connectivity index (χ4v) is 3.73. The quantitative estimate of drug-likeness (QED) is 0.666. The molecule has 0 bridgehead atoms. The highest BCUT2D eigenvalue weighted by molar-refractivity contribution is 5.84. The lowest BCUT2D eigenvalue weighted by Crippen LogP contribution is -2.55. The second-order valence-corrected chi connectivity index (χ2v) is 7.43. The maximum absolute atomic E-state index is 13.3. The van der Waals surface area contributed by atoms with Crippen LogP contribution in [-0.4, -0.2) is 38.9 Å². The number of aromatic nitrogens is 4. The number of carbonyl (C=O) groups is 1. The van der Waals surface area contributed by atoms with Crippen molar-refractivity contribution in [1.82, 2.24) is 30.6 Å². The zero-order chi connectivity index (χ0) is 20.3. The predicted octanol–water partition coefficient (Wildman–Crippen LogP) is 2.45. The minimum atomic E-state index is -0.707. The van der Waals surface area contributed by atoms with Crippen LogP contribution in [-0.2, 0) is 16.8 Å². The zero-order valence-electron chi connectivity index (χ0n) is 16.8. The lowest BCUT2D eigenvalue weighted by molar-refractivity contribution is -0.132. The Kier molecular flexibility index (Phi) is 5.44. The van der Waals surface area contributed by atoms with Gasteiger partial charge < -0.3 is 15.2 Å². The van der Waals surface area contributed by atoms with E-state index in [2.05, 4.69) is 44.9 Å². The average Bonchev–Trinajstić information content (AvgIpc) is 3.47. The summed E-state index contributed by atoms with van der Waals surface area (Å²) in [5, 5.41) is 14.8. The van der Waals surface area contributed by atoms with Crippen LogP contribution < -0.4 is 10.6 Å². The van der Waals surface area contributed by atoms with E-state index in [1.807, 2.05) is 31.3 Å². The number of piperidine rings is 1. The Morgan fingerprint density at radius 3 is 2.72 bits per heavy atom. The van der Waals surface area contributed by atoms with Gasteiger partial charge in [0.1, 0.15) is 11.6 Å². The molecule has 1 unspecified atom stereocenters. The molecule has 1 atom stereocenters. The Labute approximate surface area is 169 Å². The first kappa shape index (κ1) is 19.3. The molecule has 1 saturated heterocycles. The molecule has 1 aromatic carbocycles. The van der Waals surface area contributed by atoms with E-state index in [9.17, 15) is 4.79 Å². The summed E-state index contributed by atoms with van der Waals surface area (Å²) in [4.78, 5) is 17.8. The topological polar surface area (TPSA) is 97.9 Å². The summed E-state index contributed by atoms with van der Waals surface area (Å²) in [6, 6.07) is 9.52. The van der Waals surface area contributed by atoms with E-state index < -0.39 is 11.6 Å². The molecule has 2 aromatic heterocycles. The third-order valence-corrected chi connectivity index (χ3v) is 5.58. The number of aryl methyl sites for hydroxylation is 1.